The monoisotopic (exact) mass is 718 g/mol. The molecule has 4 aliphatic heterocycles. The van der Waals surface area contributed by atoms with E-state index in [9.17, 15) is 23.1 Å². The molecule has 7 aliphatic rings. The van der Waals surface area contributed by atoms with E-state index < -0.39 is 16.0 Å². The Kier molecular flexibility index (Phi) is 8.93. The summed E-state index contributed by atoms with van der Waals surface area (Å²) in [5.74, 6) is 0.129. The van der Waals surface area contributed by atoms with Gasteiger partial charge in [0.25, 0.3) is 0 Å². The van der Waals surface area contributed by atoms with E-state index in [1.165, 1.54) is 52.7 Å². The molecule has 1 amide bonds. The molecule has 50 heavy (non-hydrogen) atoms. The summed E-state index contributed by atoms with van der Waals surface area (Å²) in [6.45, 7) is 3.55. The van der Waals surface area contributed by atoms with Gasteiger partial charge in [0.15, 0.2) is 5.04 Å². The van der Waals surface area contributed by atoms with Crippen LogP contribution in [0.5, 0.6) is 0 Å². The van der Waals surface area contributed by atoms with Crippen molar-refractivity contribution in [3.63, 3.8) is 0 Å². The van der Waals surface area contributed by atoms with Crippen LogP contribution < -0.4 is 9.80 Å². The van der Waals surface area contributed by atoms with Gasteiger partial charge in [0.2, 0.25) is 15.9 Å². The van der Waals surface area contributed by atoms with Gasteiger partial charge < -0.3 is 24.4 Å². The van der Waals surface area contributed by atoms with Crippen LogP contribution in [0.3, 0.4) is 0 Å². The fraction of sp³-hybridized carbons (Fsp3) is 0.486. The van der Waals surface area contributed by atoms with Crippen LogP contribution in [-0.4, -0.2) is 86.9 Å². The van der Waals surface area contributed by atoms with Crippen molar-refractivity contribution in [3.05, 3.63) is 80.7 Å². The molecule has 1 N–H and O–H groups in total. The van der Waals surface area contributed by atoms with Crippen LogP contribution in [0, 0.1) is 11.8 Å². The number of rotatable bonds is 8. The van der Waals surface area contributed by atoms with Crippen molar-refractivity contribution in [2.24, 2.45) is 16.8 Å². The number of ether oxygens (including phenoxy) is 2. The van der Waals surface area contributed by atoms with Gasteiger partial charge in [-0.2, -0.15) is 4.31 Å². The molecule has 1 aromatic rings. The number of carbonyl (C=O) groups excluding carboxylic acids is 1. The summed E-state index contributed by atoms with van der Waals surface area (Å²) in [4.78, 5) is 34.1. The molecule has 0 spiro atoms. The van der Waals surface area contributed by atoms with Crippen LogP contribution in [0.1, 0.15) is 50.5 Å². The van der Waals surface area contributed by atoms with Gasteiger partial charge in [-0.05, 0) is 66.2 Å². The molecule has 1 atom stereocenters. The highest BCUT2D eigenvalue weighted by molar-refractivity contribution is 8.19. The zero-order valence-electron chi connectivity index (χ0n) is 28.2. The zero-order valence-corrected chi connectivity index (χ0v) is 29.9. The van der Waals surface area contributed by atoms with Crippen molar-refractivity contribution in [2.75, 3.05) is 61.9 Å². The molecule has 0 radical (unpaired) electrons. The third-order valence-electron chi connectivity index (χ3n) is 10.9. The first kappa shape index (κ1) is 33.3. The van der Waals surface area contributed by atoms with E-state index in [1.807, 2.05) is 29.4 Å². The third kappa shape index (κ3) is 6.11. The van der Waals surface area contributed by atoms with Gasteiger partial charge in [0.05, 0.1) is 25.0 Å². The number of carboxylic acids is 1. The number of benzene rings is 1. The molecule has 2 saturated heterocycles. The topological polar surface area (TPSA) is 129 Å². The summed E-state index contributed by atoms with van der Waals surface area (Å²) in [5.41, 5.74) is 8.38. The maximum Gasteiger partial charge on any atom is 0.361 e. The van der Waals surface area contributed by atoms with Gasteiger partial charge >= 0.3 is 5.97 Å². The normalized spacial score (nSPS) is 24.6. The molecule has 1 aromatic carbocycles. The van der Waals surface area contributed by atoms with Crippen molar-refractivity contribution in [2.45, 2.75) is 51.6 Å². The van der Waals surface area contributed by atoms with Crippen molar-refractivity contribution in [1.29, 1.82) is 0 Å². The number of thioether (sulfide) groups is 1. The minimum absolute atomic E-state index is 0.111. The molecular formula is C37H42N4O7S2. The first-order valence-electron chi connectivity index (χ1n) is 17.6. The van der Waals surface area contributed by atoms with E-state index in [1.54, 1.807) is 0 Å². The Bertz CT molecular complexity index is 1930. The number of allylic oxidation sites excluding steroid dienone is 5. The lowest BCUT2D eigenvalue weighted by Gasteiger charge is -2.36. The molecule has 13 heteroatoms. The molecular weight excluding hydrogens is 677 g/mol. The first-order valence-corrected chi connectivity index (χ1v) is 20.3. The van der Waals surface area contributed by atoms with E-state index in [-0.39, 0.29) is 23.5 Å². The molecule has 3 aliphatic carbocycles. The summed E-state index contributed by atoms with van der Waals surface area (Å²) >= 11 is 1.25. The fourth-order valence-corrected chi connectivity index (χ4v) is 10.3. The van der Waals surface area contributed by atoms with E-state index in [0.717, 1.165) is 63.6 Å². The predicted octanol–water partition coefficient (Wildman–Crippen LogP) is 5.14. The average molecular weight is 719 g/mol. The number of amides is 1. The van der Waals surface area contributed by atoms with Gasteiger partial charge in [-0.3, -0.25) is 9.79 Å². The SMILES string of the molecule is CS(=O)(=O)N1CCN(c2ccc(N3CCCC3=O)cc2COC2=CC=C3C(C4CCCCC4)=C4C(=COCC5=C4SC(C(=O)O)=NC5)C23)CC1. The zero-order chi connectivity index (χ0) is 34.6. The van der Waals surface area contributed by atoms with Crippen LogP contribution in [-0.2, 0) is 35.7 Å². The maximum atomic E-state index is 12.7. The number of anilines is 2. The number of nitrogens with zero attached hydrogens (tertiary/aromatic N) is 4. The highest BCUT2D eigenvalue weighted by atomic mass is 32.2. The number of hydrogen-bond donors (Lipinski definition) is 1. The molecule has 1 unspecified atom stereocenters. The molecule has 1 saturated carbocycles. The van der Waals surface area contributed by atoms with Crippen LogP contribution >= 0.6 is 11.8 Å². The lowest BCUT2D eigenvalue weighted by molar-refractivity contribution is -0.129. The summed E-state index contributed by atoms with van der Waals surface area (Å²) in [5, 5.41) is 9.98. The second kappa shape index (κ2) is 13.4. The number of fused-ring (bicyclic) bond motifs is 4. The summed E-state index contributed by atoms with van der Waals surface area (Å²) in [7, 11) is -3.27. The molecule has 0 aromatic heterocycles. The van der Waals surface area contributed by atoms with E-state index in [0.29, 0.717) is 58.2 Å². The highest BCUT2D eigenvalue weighted by Gasteiger charge is 2.46. The Morgan fingerprint density at radius 1 is 1.06 bits per heavy atom. The van der Waals surface area contributed by atoms with Crippen molar-refractivity contribution in [3.8, 4) is 0 Å². The van der Waals surface area contributed by atoms with Crippen LogP contribution in [0.4, 0.5) is 11.4 Å². The highest BCUT2D eigenvalue weighted by Crippen LogP contribution is 2.57. The number of carbonyl (C=O) groups is 2. The molecule has 8 rings (SSSR count). The lowest BCUT2D eigenvalue weighted by Crippen LogP contribution is -2.48. The average Bonchev–Trinajstić information content (AvgIpc) is 3.78. The predicted molar refractivity (Wildman–Crippen MR) is 193 cm³/mol. The van der Waals surface area contributed by atoms with Crippen LogP contribution in [0.2, 0.25) is 0 Å². The summed E-state index contributed by atoms with van der Waals surface area (Å²) in [6, 6.07) is 6.07. The van der Waals surface area contributed by atoms with Gasteiger partial charge in [0.1, 0.15) is 19.0 Å². The Morgan fingerprint density at radius 2 is 1.86 bits per heavy atom. The third-order valence-corrected chi connectivity index (χ3v) is 13.4. The summed E-state index contributed by atoms with van der Waals surface area (Å²) < 4.78 is 38.9. The number of hydrogen-bond acceptors (Lipinski definition) is 9. The van der Waals surface area contributed by atoms with Crippen LogP contribution in [0.15, 0.2) is 80.1 Å². The van der Waals surface area contributed by atoms with Gasteiger partial charge in [0, 0.05) is 72.1 Å². The van der Waals surface area contributed by atoms with Crippen LogP contribution in [0.25, 0.3) is 0 Å². The van der Waals surface area contributed by atoms with Crippen molar-refractivity contribution < 1.29 is 32.6 Å². The lowest BCUT2D eigenvalue weighted by atomic mass is 9.80. The Morgan fingerprint density at radius 3 is 2.58 bits per heavy atom. The van der Waals surface area contributed by atoms with E-state index in [2.05, 4.69) is 22.0 Å². The van der Waals surface area contributed by atoms with Gasteiger partial charge in [-0.15, -0.1) is 0 Å². The largest absolute Gasteiger partial charge is 0.496 e. The quantitative estimate of drug-likeness (QED) is 0.389. The smallest absolute Gasteiger partial charge is 0.361 e. The number of aliphatic carboxylic acids is 1. The Balaban J connectivity index is 1.10. The standard InChI is InChI=1S/C37H42N4O7S2/c1-50(45,46)40-16-14-39(15-17-40)29-11-9-26(41-13-5-8-31(41)42)18-24(29)21-48-30-12-10-27-32(23-6-3-2-4-7-23)34-28(33(27)30)22-47-20-25-19-38-36(37(43)44)49-35(25)34/h9-12,18,22-23,33H,2-8,13-17,19-21H2,1H3,(H,43,44). The molecule has 0 bridgehead atoms. The number of carboxylic acid groups (broad SMARTS) is 1. The molecule has 264 valence electrons. The maximum absolute atomic E-state index is 12.7. The van der Waals surface area contributed by atoms with E-state index >= 15 is 0 Å². The minimum Gasteiger partial charge on any atom is -0.496 e. The molecule has 11 nitrogen and oxygen atoms in total. The molecule has 3 fully saturated rings. The number of aliphatic imine (C=N–C) groups is 1. The molecule has 4 heterocycles. The number of sulfonamides is 1. The minimum atomic E-state index is -3.27. The van der Waals surface area contributed by atoms with Gasteiger partial charge in [-0.1, -0.05) is 37.1 Å². The first-order chi connectivity index (χ1) is 24.2. The fourth-order valence-electron chi connectivity index (χ4n) is 8.50. The van der Waals surface area contributed by atoms with E-state index in [4.69, 9.17) is 9.47 Å². The van der Waals surface area contributed by atoms with Gasteiger partial charge in [-0.25, -0.2) is 13.2 Å². The second-order valence-electron chi connectivity index (χ2n) is 14.0. The summed E-state index contributed by atoms with van der Waals surface area (Å²) in [6.07, 6.45) is 14.5. The van der Waals surface area contributed by atoms with Crippen molar-refractivity contribution >= 4 is 50.1 Å². The van der Waals surface area contributed by atoms with Crippen molar-refractivity contribution in [1.82, 2.24) is 4.31 Å². The number of piperazine rings is 1. The second-order valence-corrected chi connectivity index (χ2v) is 17.0. The Labute approximate surface area is 297 Å². The Hall–Kier alpha value is -3.81.